The lowest BCUT2D eigenvalue weighted by Gasteiger charge is -2.20. The number of H-pyrrole nitrogens is 1. The van der Waals surface area contributed by atoms with Crippen LogP contribution in [0.2, 0.25) is 10.0 Å². The highest BCUT2D eigenvalue weighted by molar-refractivity contribution is 6.35. The highest BCUT2D eigenvalue weighted by atomic mass is 35.5. The molecule has 1 heterocycles. The van der Waals surface area contributed by atoms with E-state index in [1.807, 2.05) is 30.5 Å². The van der Waals surface area contributed by atoms with Crippen molar-refractivity contribution in [3.63, 3.8) is 0 Å². The van der Waals surface area contributed by atoms with Crippen LogP contribution in [-0.4, -0.2) is 17.4 Å². The van der Waals surface area contributed by atoms with Gasteiger partial charge in [0.05, 0.1) is 0 Å². The molecular weight excluding hydrogens is 439 g/mol. The minimum Gasteiger partial charge on any atom is -0.361 e. The number of rotatable bonds is 7. The van der Waals surface area contributed by atoms with Gasteiger partial charge in [-0.25, -0.2) is 0 Å². The predicted molar refractivity (Wildman–Crippen MR) is 134 cm³/mol. The van der Waals surface area contributed by atoms with Gasteiger partial charge in [-0.3, -0.25) is 4.79 Å². The Morgan fingerprint density at radius 1 is 1.00 bits per heavy atom. The smallest absolute Gasteiger partial charge is 0.220 e. The minimum atomic E-state index is -0.0362. The van der Waals surface area contributed by atoms with Crippen LogP contribution in [0.3, 0.4) is 0 Å². The number of carbonyl (C=O) groups is 1. The van der Waals surface area contributed by atoms with Crippen LogP contribution in [0, 0.1) is 13.8 Å². The lowest BCUT2D eigenvalue weighted by Crippen LogP contribution is -2.27. The maximum absolute atomic E-state index is 13.0. The van der Waals surface area contributed by atoms with Crippen molar-refractivity contribution >= 4 is 40.0 Å². The number of halogens is 2. The molecule has 0 aliphatic heterocycles. The van der Waals surface area contributed by atoms with Gasteiger partial charge >= 0.3 is 0 Å². The number of carbonyl (C=O) groups excluding carboxylic acids is 1. The average molecular weight is 465 g/mol. The average Bonchev–Trinajstić information content (AvgIpc) is 3.18. The van der Waals surface area contributed by atoms with Crippen molar-refractivity contribution < 1.29 is 4.79 Å². The number of para-hydroxylation sites is 1. The summed E-state index contributed by atoms with van der Waals surface area (Å²) < 4.78 is 0. The zero-order chi connectivity index (χ0) is 22.7. The van der Waals surface area contributed by atoms with Crippen LogP contribution in [0.25, 0.3) is 10.9 Å². The number of amides is 1. The van der Waals surface area contributed by atoms with Gasteiger partial charge in [-0.2, -0.15) is 0 Å². The number of nitrogens with one attached hydrogen (secondary N) is 2. The lowest BCUT2D eigenvalue weighted by atomic mass is 9.85. The molecule has 1 aromatic heterocycles. The molecule has 32 heavy (non-hydrogen) atoms. The summed E-state index contributed by atoms with van der Waals surface area (Å²) in [6, 6.07) is 20.1. The van der Waals surface area contributed by atoms with Crippen molar-refractivity contribution in [2.75, 3.05) is 6.54 Å². The molecule has 0 aliphatic rings. The molecule has 164 valence electrons. The van der Waals surface area contributed by atoms with E-state index >= 15 is 0 Å². The van der Waals surface area contributed by atoms with Crippen molar-refractivity contribution in [1.82, 2.24) is 10.3 Å². The van der Waals surface area contributed by atoms with Gasteiger partial charge in [-0.1, -0.05) is 71.2 Å². The van der Waals surface area contributed by atoms with E-state index in [4.69, 9.17) is 23.2 Å². The van der Waals surface area contributed by atoms with Gasteiger partial charge in [0, 0.05) is 46.0 Å². The first-order chi connectivity index (χ1) is 15.4. The van der Waals surface area contributed by atoms with Crippen LogP contribution in [0.1, 0.15) is 40.2 Å². The van der Waals surface area contributed by atoms with Crippen molar-refractivity contribution in [2.24, 2.45) is 0 Å². The first kappa shape index (κ1) is 22.4. The third-order valence-corrected chi connectivity index (χ3v) is 6.51. The van der Waals surface area contributed by atoms with Crippen molar-refractivity contribution in [3.8, 4) is 0 Å². The first-order valence-electron chi connectivity index (χ1n) is 10.8. The number of aromatic amines is 1. The number of fused-ring (bicyclic) bond motifs is 1. The Labute approximate surface area is 198 Å². The van der Waals surface area contributed by atoms with Crippen LogP contribution in [0.15, 0.2) is 66.9 Å². The van der Waals surface area contributed by atoms with Crippen LogP contribution in [-0.2, 0) is 11.2 Å². The SMILES string of the molecule is Cc1ccc(C(CC(=O)NCCc2ccc(Cl)cc2Cl)c2c[nH]c3ccccc23)c(C)c1. The van der Waals surface area contributed by atoms with Crippen LogP contribution >= 0.6 is 23.2 Å². The molecule has 0 saturated carbocycles. The van der Waals surface area contributed by atoms with Crippen LogP contribution < -0.4 is 5.32 Å². The quantitative estimate of drug-likeness (QED) is 0.304. The van der Waals surface area contributed by atoms with E-state index in [1.165, 1.54) is 16.7 Å². The summed E-state index contributed by atoms with van der Waals surface area (Å²) in [6.45, 7) is 4.73. The zero-order valence-corrected chi connectivity index (χ0v) is 19.7. The van der Waals surface area contributed by atoms with Gasteiger partial charge in [0.2, 0.25) is 5.91 Å². The molecule has 0 fully saturated rings. The monoisotopic (exact) mass is 464 g/mol. The molecule has 4 aromatic rings. The maximum Gasteiger partial charge on any atom is 0.220 e. The highest BCUT2D eigenvalue weighted by Gasteiger charge is 2.23. The summed E-state index contributed by atoms with van der Waals surface area (Å²) in [7, 11) is 0. The van der Waals surface area contributed by atoms with Crippen molar-refractivity contribution in [2.45, 2.75) is 32.6 Å². The molecule has 3 nitrogen and oxygen atoms in total. The van der Waals surface area contributed by atoms with E-state index in [2.05, 4.69) is 54.5 Å². The van der Waals surface area contributed by atoms with E-state index in [0.29, 0.717) is 29.4 Å². The standard InChI is InChI=1S/C27H26Cl2N2O/c1-17-7-10-21(18(2)13-17)23(24-16-31-26-6-4-3-5-22(24)26)15-27(32)30-12-11-19-8-9-20(28)14-25(19)29/h3-10,13-14,16,23,31H,11-12,15H2,1-2H3,(H,30,32). The Bertz CT molecular complexity index is 1260. The van der Waals surface area contributed by atoms with E-state index in [0.717, 1.165) is 22.0 Å². The molecule has 0 bridgehead atoms. The summed E-state index contributed by atoms with van der Waals surface area (Å²) in [4.78, 5) is 16.4. The molecule has 5 heteroatoms. The number of aryl methyl sites for hydroxylation is 2. The Kier molecular flexibility index (Phi) is 6.88. The zero-order valence-electron chi connectivity index (χ0n) is 18.2. The molecular formula is C27H26Cl2N2O. The normalized spacial score (nSPS) is 12.1. The van der Waals surface area contributed by atoms with Gasteiger partial charge in [0.1, 0.15) is 0 Å². The second-order valence-corrected chi connectivity index (χ2v) is 9.09. The van der Waals surface area contributed by atoms with Crippen molar-refractivity contribution in [3.05, 3.63) is 105 Å². The molecule has 1 atom stereocenters. The Morgan fingerprint density at radius 3 is 2.59 bits per heavy atom. The molecule has 1 amide bonds. The third kappa shape index (κ3) is 5.01. The summed E-state index contributed by atoms with van der Waals surface area (Å²) in [5.41, 5.74) is 6.78. The first-order valence-corrected chi connectivity index (χ1v) is 11.5. The van der Waals surface area contributed by atoms with E-state index in [1.54, 1.807) is 6.07 Å². The largest absolute Gasteiger partial charge is 0.361 e. The number of benzene rings is 3. The second-order valence-electron chi connectivity index (χ2n) is 8.24. The van der Waals surface area contributed by atoms with Gasteiger partial charge < -0.3 is 10.3 Å². The third-order valence-electron chi connectivity index (χ3n) is 5.92. The Hall–Kier alpha value is -2.75. The summed E-state index contributed by atoms with van der Waals surface area (Å²) >= 11 is 12.2. The fourth-order valence-electron chi connectivity index (χ4n) is 4.30. The van der Waals surface area contributed by atoms with Crippen LogP contribution in [0.4, 0.5) is 0 Å². The fraction of sp³-hybridized carbons (Fsp3) is 0.222. The predicted octanol–water partition coefficient (Wildman–Crippen LogP) is 6.97. The Balaban J connectivity index is 1.54. The lowest BCUT2D eigenvalue weighted by molar-refractivity contribution is -0.121. The fourth-order valence-corrected chi connectivity index (χ4v) is 4.81. The van der Waals surface area contributed by atoms with E-state index in [9.17, 15) is 4.79 Å². The Morgan fingerprint density at radius 2 is 1.81 bits per heavy atom. The summed E-state index contributed by atoms with van der Waals surface area (Å²) in [6.07, 6.45) is 3.07. The van der Waals surface area contributed by atoms with Gasteiger partial charge in [-0.05, 0) is 60.7 Å². The summed E-state index contributed by atoms with van der Waals surface area (Å²) in [5.74, 6) is -0.0174. The molecule has 4 rings (SSSR count). The van der Waals surface area contributed by atoms with Crippen molar-refractivity contribution in [1.29, 1.82) is 0 Å². The minimum absolute atomic E-state index is 0.0188. The molecule has 1 unspecified atom stereocenters. The summed E-state index contributed by atoms with van der Waals surface area (Å²) in [5, 5.41) is 5.46. The van der Waals surface area contributed by atoms with Gasteiger partial charge in [0.15, 0.2) is 0 Å². The molecule has 0 aliphatic carbocycles. The molecule has 2 N–H and O–H groups in total. The molecule has 0 radical (unpaired) electrons. The highest BCUT2D eigenvalue weighted by Crippen LogP contribution is 2.35. The topological polar surface area (TPSA) is 44.9 Å². The molecule has 0 saturated heterocycles. The van der Waals surface area contributed by atoms with E-state index < -0.39 is 0 Å². The van der Waals surface area contributed by atoms with E-state index in [-0.39, 0.29) is 11.8 Å². The number of aromatic nitrogens is 1. The molecule has 3 aromatic carbocycles. The number of hydrogen-bond acceptors (Lipinski definition) is 1. The van der Waals surface area contributed by atoms with Gasteiger partial charge in [-0.15, -0.1) is 0 Å². The molecule has 0 spiro atoms. The maximum atomic E-state index is 13.0. The van der Waals surface area contributed by atoms with Gasteiger partial charge in [0.25, 0.3) is 0 Å². The van der Waals surface area contributed by atoms with Crippen LogP contribution in [0.5, 0.6) is 0 Å². The second kappa shape index (κ2) is 9.81. The number of hydrogen-bond donors (Lipinski definition) is 2.